The average molecular weight is 242 g/mol. The summed E-state index contributed by atoms with van der Waals surface area (Å²) in [5.74, 6) is -1.46. The Morgan fingerprint density at radius 2 is 2.06 bits per heavy atom. The number of hydrogen-bond acceptors (Lipinski definition) is 4. The van der Waals surface area contributed by atoms with Crippen molar-refractivity contribution in [3.8, 4) is 0 Å². The molecule has 0 fully saturated rings. The van der Waals surface area contributed by atoms with Gasteiger partial charge in [-0.1, -0.05) is 6.07 Å². The molecule has 2 unspecified atom stereocenters. The van der Waals surface area contributed by atoms with Gasteiger partial charge in [0, 0.05) is 0 Å². The number of carbonyl (C=O) groups excluding carboxylic acids is 1. The zero-order valence-electron chi connectivity index (χ0n) is 9.68. The Morgan fingerprint density at radius 1 is 1.41 bits per heavy atom. The summed E-state index contributed by atoms with van der Waals surface area (Å²) in [6.45, 7) is 3.34. The van der Waals surface area contributed by atoms with Gasteiger partial charge in [0.1, 0.15) is 11.9 Å². The molecule has 0 saturated heterocycles. The van der Waals surface area contributed by atoms with Crippen LogP contribution in [0, 0.1) is 12.7 Å². The lowest BCUT2D eigenvalue weighted by molar-refractivity contribution is -0.159. The molecule has 1 aromatic rings. The first-order valence-corrected chi connectivity index (χ1v) is 5.25. The molecule has 1 rings (SSSR count). The van der Waals surface area contributed by atoms with Gasteiger partial charge in [-0.05, 0) is 37.1 Å². The SMILES string of the molecule is CCOC(=O)C(O)C(O)c1cc(C)cc(F)c1. The van der Waals surface area contributed by atoms with Crippen molar-refractivity contribution in [2.24, 2.45) is 0 Å². The minimum atomic E-state index is -1.71. The molecule has 0 spiro atoms. The molecule has 0 aliphatic carbocycles. The van der Waals surface area contributed by atoms with E-state index in [1.807, 2.05) is 0 Å². The fourth-order valence-corrected chi connectivity index (χ4v) is 1.47. The summed E-state index contributed by atoms with van der Waals surface area (Å²) in [5.41, 5.74) is 0.734. The van der Waals surface area contributed by atoms with Crippen molar-refractivity contribution >= 4 is 5.97 Å². The largest absolute Gasteiger partial charge is 0.464 e. The van der Waals surface area contributed by atoms with Gasteiger partial charge in [0.15, 0.2) is 6.10 Å². The molecule has 0 bridgehead atoms. The Labute approximate surface area is 98.7 Å². The lowest BCUT2D eigenvalue weighted by Crippen LogP contribution is -2.30. The average Bonchev–Trinajstić information content (AvgIpc) is 2.26. The van der Waals surface area contributed by atoms with Crippen LogP contribution in [-0.4, -0.2) is 28.9 Å². The Balaban J connectivity index is 2.87. The minimum absolute atomic E-state index is 0.102. The van der Waals surface area contributed by atoms with Crippen molar-refractivity contribution in [1.29, 1.82) is 0 Å². The third-order valence-corrected chi connectivity index (χ3v) is 2.23. The zero-order chi connectivity index (χ0) is 13.0. The lowest BCUT2D eigenvalue weighted by atomic mass is 10.0. The van der Waals surface area contributed by atoms with Gasteiger partial charge in [-0.25, -0.2) is 9.18 Å². The second-order valence-corrected chi connectivity index (χ2v) is 3.70. The molecule has 0 aliphatic rings. The van der Waals surface area contributed by atoms with Crippen molar-refractivity contribution in [3.63, 3.8) is 0 Å². The normalized spacial score (nSPS) is 14.2. The molecular formula is C12H15FO4. The highest BCUT2D eigenvalue weighted by Crippen LogP contribution is 2.20. The van der Waals surface area contributed by atoms with Crippen LogP contribution >= 0.6 is 0 Å². The number of rotatable bonds is 4. The summed E-state index contributed by atoms with van der Waals surface area (Å²) < 4.78 is 17.7. The summed E-state index contributed by atoms with van der Waals surface area (Å²) in [5, 5.41) is 19.2. The van der Waals surface area contributed by atoms with E-state index in [9.17, 15) is 19.4 Å². The smallest absolute Gasteiger partial charge is 0.338 e. The van der Waals surface area contributed by atoms with Crippen LogP contribution in [-0.2, 0) is 9.53 Å². The highest BCUT2D eigenvalue weighted by molar-refractivity contribution is 5.75. The van der Waals surface area contributed by atoms with Crippen LogP contribution in [0.3, 0.4) is 0 Å². The maximum atomic E-state index is 13.1. The van der Waals surface area contributed by atoms with E-state index in [-0.39, 0.29) is 12.2 Å². The van der Waals surface area contributed by atoms with E-state index in [1.165, 1.54) is 12.1 Å². The van der Waals surface area contributed by atoms with Gasteiger partial charge in [-0.2, -0.15) is 0 Å². The van der Waals surface area contributed by atoms with Gasteiger partial charge in [-0.15, -0.1) is 0 Å². The fraction of sp³-hybridized carbons (Fsp3) is 0.417. The van der Waals surface area contributed by atoms with Crippen LogP contribution < -0.4 is 0 Å². The van der Waals surface area contributed by atoms with Gasteiger partial charge in [0.25, 0.3) is 0 Å². The van der Waals surface area contributed by atoms with E-state index in [0.717, 1.165) is 6.07 Å². The molecule has 2 N–H and O–H groups in total. The third kappa shape index (κ3) is 3.51. The molecule has 0 saturated carbocycles. The van der Waals surface area contributed by atoms with Crippen LogP contribution in [0.1, 0.15) is 24.2 Å². The van der Waals surface area contributed by atoms with Crippen LogP contribution in [0.5, 0.6) is 0 Å². The number of ether oxygens (including phenoxy) is 1. The number of aryl methyl sites for hydroxylation is 1. The van der Waals surface area contributed by atoms with Crippen LogP contribution in [0.15, 0.2) is 18.2 Å². The molecule has 0 aliphatic heterocycles. The maximum Gasteiger partial charge on any atom is 0.338 e. The minimum Gasteiger partial charge on any atom is -0.464 e. The number of benzene rings is 1. The summed E-state index contributed by atoms with van der Waals surface area (Å²) >= 11 is 0. The molecule has 1 aromatic carbocycles. The summed E-state index contributed by atoms with van der Waals surface area (Å²) in [6, 6.07) is 3.85. The summed E-state index contributed by atoms with van der Waals surface area (Å²) in [4.78, 5) is 11.2. The highest BCUT2D eigenvalue weighted by atomic mass is 19.1. The Morgan fingerprint density at radius 3 is 2.59 bits per heavy atom. The predicted molar refractivity (Wildman–Crippen MR) is 58.7 cm³/mol. The Kier molecular flexibility index (Phi) is 4.60. The van der Waals surface area contributed by atoms with Gasteiger partial charge >= 0.3 is 5.97 Å². The van der Waals surface area contributed by atoms with E-state index < -0.39 is 24.0 Å². The molecule has 17 heavy (non-hydrogen) atoms. The predicted octanol–water partition coefficient (Wildman–Crippen LogP) is 1.09. The highest BCUT2D eigenvalue weighted by Gasteiger charge is 2.27. The van der Waals surface area contributed by atoms with E-state index in [1.54, 1.807) is 13.8 Å². The standard InChI is InChI=1S/C12H15FO4/c1-3-17-12(16)11(15)10(14)8-4-7(2)5-9(13)6-8/h4-6,10-11,14-15H,3H2,1-2H3. The van der Waals surface area contributed by atoms with Gasteiger partial charge in [0.05, 0.1) is 6.61 Å². The van der Waals surface area contributed by atoms with Gasteiger partial charge in [0.2, 0.25) is 0 Å². The number of esters is 1. The van der Waals surface area contributed by atoms with Crippen molar-refractivity contribution < 1.29 is 24.1 Å². The Bertz CT molecular complexity index is 385. The number of carbonyl (C=O) groups is 1. The molecule has 2 atom stereocenters. The number of aliphatic hydroxyl groups is 2. The number of aliphatic hydroxyl groups excluding tert-OH is 2. The lowest BCUT2D eigenvalue weighted by Gasteiger charge is -2.17. The summed E-state index contributed by atoms with van der Waals surface area (Å²) in [7, 11) is 0. The van der Waals surface area contributed by atoms with Gasteiger partial charge < -0.3 is 14.9 Å². The van der Waals surface area contributed by atoms with Crippen molar-refractivity contribution in [3.05, 3.63) is 35.1 Å². The molecule has 0 heterocycles. The summed E-state index contributed by atoms with van der Waals surface area (Å²) in [6.07, 6.45) is -3.21. The molecule has 0 aromatic heterocycles. The van der Waals surface area contributed by atoms with Crippen LogP contribution in [0.2, 0.25) is 0 Å². The van der Waals surface area contributed by atoms with Crippen molar-refractivity contribution in [2.45, 2.75) is 26.1 Å². The Hall–Kier alpha value is -1.46. The quantitative estimate of drug-likeness (QED) is 0.776. The van der Waals surface area contributed by atoms with E-state index in [4.69, 9.17) is 0 Å². The second kappa shape index (κ2) is 5.75. The van der Waals surface area contributed by atoms with Crippen LogP contribution in [0.4, 0.5) is 4.39 Å². The van der Waals surface area contributed by atoms with Crippen molar-refractivity contribution in [2.75, 3.05) is 6.61 Å². The molecule has 4 nitrogen and oxygen atoms in total. The third-order valence-electron chi connectivity index (χ3n) is 2.23. The maximum absolute atomic E-state index is 13.1. The molecular weight excluding hydrogens is 227 g/mol. The van der Waals surface area contributed by atoms with Crippen LogP contribution in [0.25, 0.3) is 0 Å². The molecule has 94 valence electrons. The van der Waals surface area contributed by atoms with E-state index in [2.05, 4.69) is 4.74 Å². The fourth-order valence-electron chi connectivity index (χ4n) is 1.47. The molecule has 5 heteroatoms. The van der Waals surface area contributed by atoms with Gasteiger partial charge in [-0.3, -0.25) is 0 Å². The second-order valence-electron chi connectivity index (χ2n) is 3.70. The van der Waals surface area contributed by atoms with Crippen molar-refractivity contribution in [1.82, 2.24) is 0 Å². The zero-order valence-corrected chi connectivity index (χ0v) is 9.68. The monoisotopic (exact) mass is 242 g/mol. The first-order valence-electron chi connectivity index (χ1n) is 5.25. The van der Waals surface area contributed by atoms with E-state index >= 15 is 0 Å². The number of hydrogen-bond donors (Lipinski definition) is 2. The first kappa shape index (κ1) is 13.6. The van der Waals surface area contributed by atoms with E-state index in [0.29, 0.717) is 5.56 Å². The molecule has 0 amide bonds. The number of halogens is 1. The first-order chi connectivity index (χ1) is 7.95. The molecule has 0 radical (unpaired) electrons. The topological polar surface area (TPSA) is 66.8 Å².